The Morgan fingerprint density at radius 3 is 2.40 bits per heavy atom. The zero-order chi connectivity index (χ0) is 14.4. The third-order valence-electron chi connectivity index (χ3n) is 3.28. The number of methoxy groups -OCH3 is 2. The number of aromatic nitrogens is 1. The smallest absolute Gasteiger partial charge is 0.161 e. The molecule has 1 aromatic carbocycles. The maximum atomic E-state index is 5.30. The zero-order valence-corrected chi connectivity index (χ0v) is 12.3. The monoisotopic (exact) mass is 274 g/mol. The number of ether oxygens (including phenoxy) is 2. The molecule has 0 fully saturated rings. The summed E-state index contributed by atoms with van der Waals surface area (Å²) in [6.45, 7) is 4.82. The fourth-order valence-electron chi connectivity index (χ4n) is 2.13. The van der Waals surface area contributed by atoms with E-state index in [4.69, 9.17) is 9.47 Å². The molecular formula is C16H22N2O2. The van der Waals surface area contributed by atoms with Crippen molar-refractivity contribution in [1.29, 1.82) is 0 Å². The van der Waals surface area contributed by atoms with E-state index in [1.807, 2.05) is 18.2 Å². The molecule has 0 saturated heterocycles. The molecule has 0 bridgehead atoms. The maximum absolute atomic E-state index is 5.30. The SMILES string of the molecule is CCn1ccc(CNCc2ccc(OC)c(OC)c2)c1. The second kappa shape index (κ2) is 7.01. The number of rotatable bonds is 7. The number of hydrogen-bond donors (Lipinski definition) is 1. The fraction of sp³-hybridized carbons (Fsp3) is 0.375. The standard InChI is InChI=1S/C16H22N2O2/c1-4-18-8-7-14(12-18)11-17-10-13-5-6-15(19-2)16(9-13)20-3/h5-9,12,17H,4,10-11H2,1-3H3. The van der Waals surface area contributed by atoms with Crippen molar-refractivity contribution < 1.29 is 9.47 Å². The van der Waals surface area contributed by atoms with Crippen LogP contribution in [0.15, 0.2) is 36.7 Å². The Hall–Kier alpha value is -1.94. The Morgan fingerprint density at radius 2 is 1.75 bits per heavy atom. The summed E-state index contributed by atoms with van der Waals surface area (Å²) < 4.78 is 12.7. The lowest BCUT2D eigenvalue weighted by Crippen LogP contribution is -2.12. The van der Waals surface area contributed by atoms with Crippen LogP contribution in [0.4, 0.5) is 0 Å². The summed E-state index contributed by atoms with van der Waals surface area (Å²) in [5, 5.41) is 3.43. The summed E-state index contributed by atoms with van der Waals surface area (Å²) in [6, 6.07) is 8.13. The van der Waals surface area contributed by atoms with Gasteiger partial charge in [-0.15, -0.1) is 0 Å². The zero-order valence-electron chi connectivity index (χ0n) is 12.3. The molecule has 0 spiro atoms. The molecule has 108 valence electrons. The second-order valence-corrected chi connectivity index (χ2v) is 4.64. The largest absolute Gasteiger partial charge is 0.493 e. The minimum atomic E-state index is 0.760. The molecule has 1 N–H and O–H groups in total. The summed E-state index contributed by atoms with van der Waals surface area (Å²) in [5.41, 5.74) is 2.48. The molecule has 0 unspecified atom stereocenters. The number of nitrogens with zero attached hydrogens (tertiary/aromatic N) is 1. The molecular weight excluding hydrogens is 252 g/mol. The van der Waals surface area contributed by atoms with Crippen LogP contribution < -0.4 is 14.8 Å². The van der Waals surface area contributed by atoms with Crippen molar-refractivity contribution >= 4 is 0 Å². The Balaban J connectivity index is 1.90. The van der Waals surface area contributed by atoms with Gasteiger partial charge in [0, 0.05) is 32.0 Å². The average molecular weight is 274 g/mol. The molecule has 20 heavy (non-hydrogen) atoms. The van der Waals surface area contributed by atoms with Crippen LogP contribution >= 0.6 is 0 Å². The Morgan fingerprint density at radius 1 is 1.00 bits per heavy atom. The first-order chi connectivity index (χ1) is 9.76. The second-order valence-electron chi connectivity index (χ2n) is 4.64. The van der Waals surface area contributed by atoms with Crippen molar-refractivity contribution in [3.8, 4) is 11.5 Å². The minimum Gasteiger partial charge on any atom is -0.493 e. The molecule has 0 saturated carbocycles. The van der Waals surface area contributed by atoms with Crippen molar-refractivity contribution in [2.75, 3.05) is 14.2 Å². The van der Waals surface area contributed by atoms with Crippen LogP contribution in [-0.2, 0) is 19.6 Å². The van der Waals surface area contributed by atoms with Gasteiger partial charge < -0.3 is 19.4 Å². The first-order valence-electron chi connectivity index (χ1n) is 6.83. The van der Waals surface area contributed by atoms with Crippen molar-refractivity contribution in [3.63, 3.8) is 0 Å². The Labute approximate surface area is 120 Å². The normalized spacial score (nSPS) is 10.6. The number of benzene rings is 1. The highest BCUT2D eigenvalue weighted by Crippen LogP contribution is 2.27. The van der Waals surface area contributed by atoms with E-state index in [2.05, 4.69) is 35.3 Å². The lowest BCUT2D eigenvalue weighted by Gasteiger charge is -2.10. The molecule has 1 aromatic heterocycles. The van der Waals surface area contributed by atoms with Gasteiger partial charge in [0.1, 0.15) is 0 Å². The van der Waals surface area contributed by atoms with E-state index in [9.17, 15) is 0 Å². The summed E-state index contributed by atoms with van der Waals surface area (Å²) in [6.07, 6.45) is 4.27. The minimum absolute atomic E-state index is 0.760. The van der Waals surface area contributed by atoms with E-state index in [1.54, 1.807) is 14.2 Å². The molecule has 0 radical (unpaired) electrons. The third kappa shape index (κ3) is 3.54. The molecule has 4 nitrogen and oxygen atoms in total. The quantitative estimate of drug-likeness (QED) is 0.843. The van der Waals surface area contributed by atoms with Gasteiger partial charge in [0.05, 0.1) is 14.2 Å². The fourth-order valence-corrected chi connectivity index (χ4v) is 2.13. The van der Waals surface area contributed by atoms with Gasteiger partial charge in [0.25, 0.3) is 0 Å². The van der Waals surface area contributed by atoms with E-state index < -0.39 is 0 Å². The lowest BCUT2D eigenvalue weighted by atomic mass is 10.2. The average Bonchev–Trinajstić information content (AvgIpc) is 2.95. The highest BCUT2D eigenvalue weighted by Gasteiger charge is 2.04. The molecule has 0 aliphatic carbocycles. The molecule has 0 aliphatic rings. The Bertz CT molecular complexity index is 549. The first-order valence-corrected chi connectivity index (χ1v) is 6.83. The summed E-state index contributed by atoms with van der Waals surface area (Å²) in [4.78, 5) is 0. The number of hydrogen-bond acceptors (Lipinski definition) is 3. The van der Waals surface area contributed by atoms with Gasteiger partial charge in [-0.1, -0.05) is 6.07 Å². The number of nitrogens with one attached hydrogen (secondary N) is 1. The van der Waals surface area contributed by atoms with E-state index in [1.165, 1.54) is 11.1 Å². The molecule has 2 aromatic rings. The van der Waals surface area contributed by atoms with E-state index >= 15 is 0 Å². The van der Waals surface area contributed by atoms with Crippen LogP contribution in [-0.4, -0.2) is 18.8 Å². The van der Waals surface area contributed by atoms with Crippen LogP contribution in [0.25, 0.3) is 0 Å². The van der Waals surface area contributed by atoms with Gasteiger partial charge >= 0.3 is 0 Å². The van der Waals surface area contributed by atoms with Crippen LogP contribution in [0.1, 0.15) is 18.1 Å². The van der Waals surface area contributed by atoms with E-state index in [0.717, 1.165) is 31.1 Å². The molecule has 0 aliphatic heterocycles. The van der Waals surface area contributed by atoms with Gasteiger partial charge in [-0.2, -0.15) is 0 Å². The van der Waals surface area contributed by atoms with E-state index in [-0.39, 0.29) is 0 Å². The van der Waals surface area contributed by atoms with Crippen molar-refractivity contribution in [2.45, 2.75) is 26.6 Å². The molecule has 2 rings (SSSR count). The summed E-state index contributed by atoms with van der Waals surface area (Å²) in [5.74, 6) is 1.53. The van der Waals surface area contributed by atoms with Gasteiger partial charge in [-0.05, 0) is 36.2 Å². The predicted molar refractivity (Wildman–Crippen MR) is 80.2 cm³/mol. The molecule has 0 amide bonds. The highest BCUT2D eigenvalue weighted by molar-refractivity contribution is 5.42. The maximum Gasteiger partial charge on any atom is 0.161 e. The van der Waals surface area contributed by atoms with Crippen molar-refractivity contribution in [2.24, 2.45) is 0 Å². The van der Waals surface area contributed by atoms with Gasteiger partial charge in [0.2, 0.25) is 0 Å². The third-order valence-corrected chi connectivity index (χ3v) is 3.28. The van der Waals surface area contributed by atoms with Crippen molar-refractivity contribution in [3.05, 3.63) is 47.8 Å². The number of aryl methyl sites for hydroxylation is 1. The van der Waals surface area contributed by atoms with Crippen LogP contribution in [0, 0.1) is 0 Å². The van der Waals surface area contributed by atoms with E-state index in [0.29, 0.717) is 0 Å². The van der Waals surface area contributed by atoms with Gasteiger partial charge in [-0.3, -0.25) is 0 Å². The van der Waals surface area contributed by atoms with Crippen LogP contribution in [0.3, 0.4) is 0 Å². The molecule has 1 heterocycles. The van der Waals surface area contributed by atoms with Gasteiger partial charge in [-0.25, -0.2) is 0 Å². The van der Waals surface area contributed by atoms with Crippen molar-refractivity contribution in [1.82, 2.24) is 9.88 Å². The molecule has 4 heteroatoms. The van der Waals surface area contributed by atoms with Crippen LogP contribution in [0.5, 0.6) is 11.5 Å². The lowest BCUT2D eigenvalue weighted by molar-refractivity contribution is 0.354. The Kier molecular flexibility index (Phi) is 5.07. The predicted octanol–water partition coefficient (Wildman–Crippen LogP) is 2.82. The molecule has 0 atom stereocenters. The van der Waals surface area contributed by atoms with Gasteiger partial charge in [0.15, 0.2) is 11.5 Å². The topological polar surface area (TPSA) is 35.4 Å². The summed E-state index contributed by atoms with van der Waals surface area (Å²) in [7, 11) is 3.30. The highest BCUT2D eigenvalue weighted by atomic mass is 16.5. The first kappa shape index (κ1) is 14.5. The van der Waals surface area contributed by atoms with Crippen LogP contribution in [0.2, 0.25) is 0 Å². The summed E-state index contributed by atoms with van der Waals surface area (Å²) >= 11 is 0.